The SMILES string of the molecule is CC(C(=O)NC1CCN(C(=O)c2ccccc2F)CC1)C1CNC1. The van der Waals surface area contributed by atoms with Crippen molar-refractivity contribution >= 4 is 11.8 Å². The molecule has 0 radical (unpaired) electrons. The second-order valence-corrected chi connectivity index (χ2v) is 6.76. The van der Waals surface area contributed by atoms with Crippen LogP contribution >= 0.6 is 0 Å². The minimum absolute atomic E-state index is 0.0179. The lowest BCUT2D eigenvalue weighted by Crippen LogP contribution is -2.52. The van der Waals surface area contributed by atoms with Gasteiger partial charge in [-0.3, -0.25) is 9.59 Å². The Morgan fingerprint density at radius 1 is 1.25 bits per heavy atom. The molecule has 1 aromatic rings. The highest BCUT2D eigenvalue weighted by Crippen LogP contribution is 2.19. The van der Waals surface area contributed by atoms with E-state index in [0.29, 0.717) is 31.8 Å². The first-order valence-corrected chi connectivity index (χ1v) is 8.61. The first-order valence-electron chi connectivity index (χ1n) is 8.61. The van der Waals surface area contributed by atoms with Crippen LogP contribution in [-0.4, -0.2) is 48.9 Å². The van der Waals surface area contributed by atoms with Crippen molar-refractivity contribution in [3.63, 3.8) is 0 Å². The van der Waals surface area contributed by atoms with E-state index in [1.54, 1.807) is 17.0 Å². The third-order valence-electron chi connectivity index (χ3n) is 5.17. The highest BCUT2D eigenvalue weighted by molar-refractivity contribution is 5.94. The molecule has 5 nitrogen and oxygen atoms in total. The molecule has 2 heterocycles. The Morgan fingerprint density at radius 2 is 1.92 bits per heavy atom. The monoisotopic (exact) mass is 333 g/mol. The molecule has 0 spiro atoms. The van der Waals surface area contributed by atoms with Gasteiger partial charge in [0, 0.05) is 25.0 Å². The number of nitrogens with zero attached hydrogens (tertiary/aromatic N) is 1. The lowest BCUT2D eigenvalue weighted by Gasteiger charge is -2.35. The van der Waals surface area contributed by atoms with Crippen LogP contribution in [0, 0.1) is 17.7 Å². The van der Waals surface area contributed by atoms with Crippen molar-refractivity contribution in [1.29, 1.82) is 0 Å². The standard InChI is InChI=1S/C18H24FN3O2/c1-12(13-10-20-11-13)17(23)21-14-6-8-22(9-7-14)18(24)15-4-2-3-5-16(15)19/h2-5,12-14,20H,6-11H2,1H3,(H,21,23). The molecule has 0 saturated carbocycles. The van der Waals surface area contributed by atoms with E-state index >= 15 is 0 Å². The van der Waals surface area contributed by atoms with Crippen LogP contribution in [0.4, 0.5) is 4.39 Å². The van der Waals surface area contributed by atoms with Crippen LogP contribution in [0.1, 0.15) is 30.1 Å². The molecule has 1 atom stereocenters. The van der Waals surface area contributed by atoms with Gasteiger partial charge in [-0.05, 0) is 44.0 Å². The molecule has 2 saturated heterocycles. The molecule has 0 aliphatic carbocycles. The summed E-state index contributed by atoms with van der Waals surface area (Å²) in [4.78, 5) is 26.3. The molecule has 6 heteroatoms. The van der Waals surface area contributed by atoms with Crippen LogP contribution in [0.5, 0.6) is 0 Å². The Kier molecular flexibility index (Phi) is 5.14. The van der Waals surface area contributed by atoms with Crippen molar-refractivity contribution in [3.05, 3.63) is 35.6 Å². The minimum Gasteiger partial charge on any atom is -0.353 e. The summed E-state index contributed by atoms with van der Waals surface area (Å²) in [5.74, 6) is -0.218. The lowest BCUT2D eigenvalue weighted by molar-refractivity contribution is -0.127. The van der Waals surface area contributed by atoms with Gasteiger partial charge in [-0.2, -0.15) is 0 Å². The summed E-state index contributed by atoms with van der Waals surface area (Å²) in [6.45, 7) is 4.86. The van der Waals surface area contributed by atoms with Gasteiger partial charge < -0.3 is 15.5 Å². The van der Waals surface area contributed by atoms with Crippen molar-refractivity contribution in [2.75, 3.05) is 26.2 Å². The largest absolute Gasteiger partial charge is 0.353 e. The Hall–Kier alpha value is -1.95. The van der Waals surface area contributed by atoms with Crippen molar-refractivity contribution in [3.8, 4) is 0 Å². The smallest absolute Gasteiger partial charge is 0.256 e. The number of carbonyl (C=O) groups is 2. The Bertz CT molecular complexity index is 610. The normalized spacial score (nSPS) is 20.3. The topological polar surface area (TPSA) is 61.4 Å². The van der Waals surface area contributed by atoms with Gasteiger partial charge in [-0.25, -0.2) is 4.39 Å². The van der Waals surface area contributed by atoms with Gasteiger partial charge in [-0.1, -0.05) is 19.1 Å². The molecular formula is C18H24FN3O2. The number of hydrogen-bond acceptors (Lipinski definition) is 3. The highest BCUT2D eigenvalue weighted by Gasteiger charge is 2.31. The maximum Gasteiger partial charge on any atom is 0.256 e. The fourth-order valence-electron chi connectivity index (χ4n) is 3.24. The number of amides is 2. The van der Waals surface area contributed by atoms with Crippen LogP contribution in [0.25, 0.3) is 0 Å². The Labute approximate surface area is 141 Å². The maximum atomic E-state index is 13.7. The second kappa shape index (κ2) is 7.30. The summed E-state index contributed by atoms with van der Waals surface area (Å²) < 4.78 is 13.7. The number of halogens is 1. The summed E-state index contributed by atoms with van der Waals surface area (Å²) in [5, 5.41) is 6.28. The van der Waals surface area contributed by atoms with Gasteiger partial charge in [0.05, 0.1) is 5.56 Å². The first-order chi connectivity index (χ1) is 11.6. The summed E-state index contributed by atoms with van der Waals surface area (Å²) >= 11 is 0. The van der Waals surface area contributed by atoms with Gasteiger partial charge in [0.1, 0.15) is 5.82 Å². The summed E-state index contributed by atoms with van der Waals surface area (Å²) in [6, 6.07) is 6.15. The summed E-state index contributed by atoms with van der Waals surface area (Å²) in [7, 11) is 0. The van der Waals surface area contributed by atoms with E-state index in [9.17, 15) is 14.0 Å². The van der Waals surface area contributed by atoms with Crippen molar-refractivity contribution in [2.45, 2.75) is 25.8 Å². The fourth-order valence-corrected chi connectivity index (χ4v) is 3.24. The van der Waals surface area contributed by atoms with Crippen molar-refractivity contribution < 1.29 is 14.0 Å². The van der Waals surface area contributed by atoms with Crippen LogP contribution in [0.15, 0.2) is 24.3 Å². The van der Waals surface area contributed by atoms with Crippen LogP contribution in [0.3, 0.4) is 0 Å². The van der Waals surface area contributed by atoms with Crippen LogP contribution in [-0.2, 0) is 4.79 Å². The predicted octanol–water partition coefficient (Wildman–Crippen LogP) is 1.40. The third kappa shape index (κ3) is 3.59. The summed E-state index contributed by atoms with van der Waals surface area (Å²) in [5.41, 5.74) is 0.117. The van der Waals surface area contributed by atoms with Crippen molar-refractivity contribution in [1.82, 2.24) is 15.5 Å². The zero-order valence-corrected chi connectivity index (χ0v) is 13.9. The van der Waals surface area contributed by atoms with E-state index in [2.05, 4.69) is 10.6 Å². The van der Waals surface area contributed by atoms with E-state index in [4.69, 9.17) is 0 Å². The maximum absolute atomic E-state index is 13.7. The average Bonchev–Trinajstić information content (AvgIpc) is 2.53. The summed E-state index contributed by atoms with van der Waals surface area (Å²) in [6.07, 6.45) is 1.42. The number of rotatable bonds is 4. The molecular weight excluding hydrogens is 309 g/mol. The van der Waals surface area contributed by atoms with Gasteiger partial charge >= 0.3 is 0 Å². The van der Waals surface area contributed by atoms with E-state index in [-0.39, 0.29) is 29.3 Å². The van der Waals surface area contributed by atoms with E-state index in [0.717, 1.165) is 13.1 Å². The molecule has 2 aliphatic heterocycles. The van der Waals surface area contributed by atoms with Gasteiger partial charge in [0.25, 0.3) is 5.91 Å². The zero-order chi connectivity index (χ0) is 17.1. The molecule has 3 rings (SSSR count). The third-order valence-corrected chi connectivity index (χ3v) is 5.17. The Balaban J connectivity index is 1.49. The van der Waals surface area contributed by atoms with Gasteiger partial charge in [-0.15, -0.1) is 0 Å². The minimum atomic E-state index is -0.485. The predicted molar refractivity (Wildman–Crippen MR) is 89.0 cm³/mol. The van der Waals surface area contributed by atoms with Crippen LogP contribution in [0.2, 0.25) is 0 Å². The molecule has 0 aromatic heterocycles. The number of benzene rings is 1. The molecule has 2 aliphatic rings. The highest BCUT2D eigenvalue weighted by atomic mass is 19.1. The van der Waals surface area contributed by atoms with E-state index in [1.165, 1.54) is 12.1 Å². The van der Waals surface area contributed by atoms with E-state index in [1.807, 2.05) is 6.92 Å². The molecule has 1 unspecified atom stereocenters. The molecule has 2 N–H and O–H groups in total. The van der Waals surface area contributed by atoms with E-state index < -0.39 is 5.82 Å². The first kappa shape index (κ1) is 16.9. The number of carbonyl (C=O) groups excluding carboxylic acids is 2. The van der Waals surface area contributed by atoms with Crippen LogP contribution < -0.4 is 10.6 Å². The zero-order valence-electron chi connectivity index (χ0n) is 13.9. The Morgan fingerprint density at radius 3 is 2.50 bits per heavy atom. The second-order valence-electron chi connectivity index (χ2n) is 6.76. The number of nitrogens with one attached hydrogen (secondary N) is 2. The molecule has 0 bridgehead atoms. The fraction of sp³-hybridized carbons (Fsp3) is 0.556. The number of piperidine rings is 1. The van der Waals surface area contributed by atoms with Gasteiger partial charge in [0.15, 0.2) is 0 Å². The van der Waals surface area contributed by atoms with Crippen molar-refractivity contribution in [2.24, 2.45) is 11.8 Å². The molecule has 1 aromatic carbocycles. The average molecular weight is 333 g/mol. The molecule has 130 valence electrons. The molecule has 2 fully saturated rings. The lowest BCUT2D eigenvalue weighted by atomic mass is 9.88. The molecule has 24 heavy (non-hydrogen) atoms. The molecule has 2 amide bonds. The number of likely N-dealkylation sites (tertiary alicyclic amines) is 1. The quantitative estimate of drug-likeness (QED) is 0.876. The van der Waals surface area contributed by atoms with Gasteiger partial charge in [0.2, 0.25) is 5.91 Å². The number of hydrogen-bond donors (Lipinski definition) is 2.